The second-order valence-corrected chi connectivity index (χ2v) is 10.5. The number of hydrogen-bond acceptors (Lipinski definition) is 6. The molecule has 8 heteroatoms. The number of fused-ring (bicyclic) bond motifs is 1. The molecule has 1 saturated carbocycles. The van der Waals surface area contributed by atoms with Gasteiger partial charge in [-0.2, -0.15) is 0 Å². The smallest absolute Gasteiger partial charge is 0.294 e. The number of carbonyl (C=O) groups excluding carboxylic acids is 1. The largest absolute Gasteiger partial charge is 0.501 e. The fourth-order valence-corrected chi connectivity index (χ4v) is 5.40. The summed E-state index contributed by atoms with van der Waals surface area (Å²) in [6, 6.07) is 25.9. The van der Waals surface area contributed by atoms with E-state index in [1.807, 2.05) is 66.7 Å². The molecule has 0 spiro atoms. The lowest BCUT2D eigenvalue weighted by molar-refractivity contribution is 0.0604. The minimum Gasteiger partial charge on any atom is -0.501 e. The van der Waals surface area contributed by atoms with E-state index in [0.717, 1.165) is 35.6 Å². The summed E-state index contributed by atoms with van der Waals surface area (Å²) in [5.74, 6) is -0.350. The summed E-state index contributed by atoms with van der Waals surface area (Å²) in [4.78, 5) is 35.3. The van der Waals surface area contributed by atoms with Crippen LogP contribution >= 0.6 is 0 Å². The zero-order valence-electron chi connectivity index (χ0n) is 22.3. The Bertz CT molecular complexity index is 1570. The lowest BCUT2D eigenvalue weighted by Crippen LogP contribution is -2.39. The van der Waals surface area contributed by atoms with Crippen molar-refractivity contribution in [2.75, 3.05) is 11.4 Å². The molecule has 8 nitrogen and oxygen atoms in total. The maximum Gasteiger partial charge on any atom is 0.294 e. The number of ether oxygens (including phenoxy) is 1. The van der Waals surface area contributed by atoms with Crippen LogP contribution < -0.4 is 15.8 Å². The van der Waals surface area contributed by atoms with Crippen molar-refractivity contribution in [3.8, 4) is 5.75 Å². The topological polar surface area (TPSA) is 108 Å². The average Bonchev–Trinajstić information content (AvgIpc) is 3.63. The van der Waals surface area contributed by atoms with Crippen LogP contribution in [0, 0.1) is 5.92 Å². The molecule has 2 heterocycles. The molecule has 0 bridgehead atoms. The van der Waals surface area contributed by atoms with Gasteiger partial charge in [-0.1, -0.05) is 79.7 Å². The summed E-state index contributed by atoms with van der Waals surface area (Å²) in [5, 5.41) is 13.3. The standard InChI is InChI=1S/C32H32N4O4/c1-2-22-15-21(13-14-25(22)36-18-24-16-26(24)36)17-33-31(38)27-28(37)32(39)35-30(34-27)29(23-11-7-4-8-12-23)40-19-20-9-5-3-6-10-20/h3-15,24,26,29,37H,2,16-19H2,1H3,(H,33,38)(H,34,35,39)/t24-,26?,29?/m1/s1. The molecule has 3 aromatic carbocycles. The average molecular weight is 537 g/mol. The van der Waals surface area contributed by atoms with Gasteiger partial charge in [0, 0.05) is 24.8 Å². The first-order chi connectivity index (χ1) is 19.5. The Hall–Kier alpha value is -4.43. The first kappa shape index (κ1) is 25.8. The van der Waals surface area contributed by atoms with Gasteiger partial charge in [-0.3, -0.25) is 9.59 Å². The molecule has 1 aliphatic heterocycles. The zero-order valence-corrected chi connectivity index (χ0v) is 22.3. The molecular formula is C32H32N4O4. The van der Waals surface area contributed by atoms with E-state index in [-0.39, 0.29) is 24.7 Å². The van der Waals surface area contributed by atoms with Crippen LogP contribution in [-0.4, -0.2) is 33.6 Å². The summed E-state index contributed by atoms with van der Waals surface area (Å²) < 4.78 is 6.19. The van der Waals surface area contributed by atoms with Gasteiger partial charge in [-0.15, -0.1) is 0 Å². The number of anilines is 1. The molecule has 6 rings (SSSR count). The molecule has 2 unspecified atom stereocenters. The lowest BCUT2D eigenvalue weighted by atomic mass is 10.0. The highest BCUT2D eigenvalue weighted by molar-refractivity contribution is 5.94. The predicted molar refractivity (Wildman–Crippen MR) is 152 cm³/mol. The van der Waals surface area contributed by atoms with Crippen LogP contribution in [0.2, 0.25) is 0 Å². The Morgan fingerprint density at radius 1 is 1.10 bits per heavy atom. The van der Waals surface area contributed by atoms with Crippen LogP contribution in [0.25, 0.3) is 0 Å². The zero-order chi connectivity index (χ0) is 27.6. The molecule has 204 valence electrons. The minimum absolute atomic E-state index is 0.139. The van der Waals surface area contributed by atoms with Gasteiger partial charge >= 0.3 is 0 Å². The van der Waals surface area contributed by atoms with E-state index in [1.54, 1.807) is 0 Å². The number of aromatic amines is 1. The number of nitrogens with one attached hydrogen (secondary N) is 2. The molecule has 2 aliphatic rings. The van der Waals surface area contributed by atoms with E-state index in [9.17, 15) is 14.7 Å². The van der Waals surface area contributed by atoms with Crippen molar-refractivity contribution >= 4 is 11.6 Å². The van der Waals surface area contributed by atoms with Crippen LogP contribution in [0.1, 0.15) is 58.0 Å². The van der Waals surface area contributed by atoms with E-state index in [2.05, 4.69) is 39.2 Å². The molecule has 3 atom stereocenters. The molecule has 1 amide bonds. The summed E-state index contributed by atoms with van der Waals surface area (Å²) in [7, 11) is 0. The number of amides is 1. The third kappa shape index (κ3) is 5.22. The number of aromatic hydroxyl groups is 1. The SMILES string of the molecule is CCc1cc(CNC(=O)c2nc(C(OCc3ccccc3)c3ccccc3)[nH]c(=O)c2O)ccc1N1C[C@H]2CC21. The first-order valence-electron chi connectivity index (χ1n) is 13.7. The van der Waals surface area contributed by atoms with Crippen molar-refractivity contribution in [3.63, 3.8) is 0 Å². The van der Waals surface area contributed by atoms with E-state index >= 15 is 0 Å². The van der Waals surface area contributed by atoms with Crippen LogP contribution in [0.4, 0.5) is 5.69 Å². The normalized spacial score (nSPS) is 18.0. The van der Waals surface area contributed by atoms with Crippen LogP contribution in [-0.2, 0) is 24.3 Å². The molecule has 3 N–H and O–H groups in total. The Labute approximate surface area is 232 Å². The van der Waals surface area contributed by atoms with Crippen molar-refractivity contribution in [1.29, 1.82) is 0 Å². The maximum absolute atomic E-state index is 13.2. The van der Waals surface area contributed by atoms with Gasteiger partial charge in [0.1, 0.15) is 11.9 Å². The van der Waals surface area contributed by atoms with Crippen LogP contribution in [0.3, 0.4) is 0 Å². The van der Waals surface area contributed by atoms with Crippen molar-refractivity contribution in [1.82, 2.24) is 15.3 Å². The van der Waals surface area contributed by atoms with E-state index in [1.165, 1.54) is 17.7 Å². The van der Waals surface area contributed by atoms with Gasteiger partial charge in [0.2, 0.25) is 5.75 Å². The van der Waals surface area contributed by atoms with Gasteiger partial charge in [0.25, 0.3) is 11.5 Å². The van der Waals surface area contributed by atoms with Crippen LogP contribution in [0.15, 0.2) is 83.7 Å². The number of hydrogen-bond donors (Lipinski definition) is 3. The highest BCUT2D eigenvalue weighted by Gasteiger charge is 2.52. The van der Waals surface area contributed by atoms with E-state index in [4.69, 9.17) is 4.74 Å². The van der Waals surface area contributed by atoms with Crippen molar-refractivity contribution in [2.24, 2.45) is 5.92 Å². The molecule has 1 saturated heterocycles. The fraction of sp³-hybridized carbons (Fsp3) is 0.281. The number of nitrogens with zero attached hydrogens (tertiary/aromatic N) is 2. The quantitative estimate of drug-likeness (QED) is 0.276. The Morgan fingerprint density at radius 3 is 2.52 bits per heavy atom. The fourth-order valence-electron chi connectivity index (χ4n) is 5.40. The van der Waals surface area contributed by atoms with Gasteiger partial charge < -0.3 is 25.0 Å². The number of carbonyl (C=O) groups is 1. The summed E-state index contributed by atoms with van der Waals surface area (Å²) in [5.41, 5.74) is 4.03. The molecule has 40 heavy (non-hydrogen) atoms. The third-order valence-corrected chi connectivity index (χ3v) is 7.74. The molecule has 2 fully saturated rings. The highest BCUT2D eigenvalue weighted by atomic mass is 16.5. The van der Waals surface area contributed by atoms with Gasteiger partial charge in [-0.25, -0.2) is 4.98 Å². The Morgan fingerprint density at radius 2 is 1.85 bits per heavy atom. The van der Waals surface area contributed by atoms with E-state index in [0.29, 0.717) is 6.04 Å². The second-order valence-electron chi connectivity index (χ2n) is 10.5. The third-order valence-electron chi connectivity index (χ3n) is 7.74. The minimum atomic E-state index is -0.801. The summed E-state index contributed by atoms with van der Waals surface area (Å²) >= 11 is 0. The number of aryl methyl sites for hydroxylation is 1. The van der Waals surface area contributed by atoms with Crippen molar-refractivity contribution in [3.05, 3.63) is 123 Å². The predicted octanol–water partition coefficient (Wildman–Crippen LogP) is 4.48. The monoisotopic (exact) mass is 536 g/mol. The number of benzene rings is 3. The maximum atomic E-state index is 13.2. The first-order valence-corrected chi connectivity index (χ1v) is 13.7. The number of rotatable bonds is 10. The molecule has 1 aliphatic carbocycles. The molecule has 4 aromatic rings. The number of aromatic nitrogens is 2. The summed E-state index contributed by atoms with van der Waals surface area (Å²) in [6.45, 7) is 3.77. The second kappa shape index (κ2) is 11.0. The number of H-pyrrole nitrogens is 1. The molecule has 1 aromatic heterocycles. The van der Waals surface area contributed by atoms with Gasteiger partial charge in [0.15, 0.2) is 5.69 Å². The molecular weight excluding hydrogens is 504 g/mol. The Balaban J connectivity index is 1.22. The van der Waals surface area contributed by atoms with Gasteiger partial charge in [0.05, 0.1) is 6.61 Å². The van der Waals surface area contributed by atoms with Crippen LogP contribution in [0.5, 0.6) is 5.75 Å². The van der Waals surface area contributed by atoms with Crippen molar-refractivity contribution < 1.29 is 14.6 Å². The van der Waals surface area contributed by atoms with E-state index < -0.39 is 23.3 Å². The summed E-state index contributed by atoms with van der Waals surface area (Å²) in [6.07, 6.45) is 1.43. The molecule has 0 radical (unpaired) electrons. The lowest BCUT2D eigenvalue weighted by Gasteiger charge is -2.34. The highest BCUT2D eigenvalue weighted by Crippen LogP contribution is 2.49. The Kier molecular flexibility index (Phi) is 7.09. The van der Waals surface area contributed by atoms with Gasteiger partial charge in [-0.05, 0) is 47.1 Å². The van der Waals surface area contributed by atoms with Crippen molar-refractivity contribution in [2.45, 2.75) is 45.1 Å².